The maximum atomic E-state index is 13.4. The number of Topliss-reactive ketones (excluding diaryl/α,β-unsaturated/α-hetero) is 2. The molecule has 17 heavy (non-hydrogen) atoms. The van der Waals surface area contributed by atoms with Crippen LogP contribution in [0.3, 0.4) is 0 Å². The van der Waals surface area contributed by atoms with Crippen LogP contribution in [0, 0.1) is 11.7 Å². The average Bonchev–Trinajstić information content (AvgIpc) is 2.75. The minimum Gasteiger partial charge on any atom is -0.494 e. The number of rotatable bonds is 3. The van der Waals surface area contributed by atoms with E-state index < -0.39 is 5.82 Å². The van der Waals surface area contributed by atoms with E-state index >= 15 is 0 Å². The molecule has 1 atom stereocenters. The Morgan fingerprint density at radius 3 is 2.76 bits per heavy atom. The molecule has 1 aromatic carbocycles. The van der Waals surface area contributed by atoms with Crippen molar-refractivity contribution in [3.8, 4) is 5.75 Å². The highest BCUT2D eigenvalue weighted by molar-refractivity contribution is 6.01. The molecule has 2 rings (SSSR count). The van der Waals surface area contributed by atoms with Crippen LogP contribution < -0.4 is 4.74 Å². The van der Waals surface area contributed by atoms with Crippen LogP contribution in [0.1, 0.15) is 29.6 Å². The molecule has 3 nitrogen and oxygen atoms in total. The second kappa shape index (κ2) is 4.65. The fourth-order valence-electron chi connectivity index (χ4n) is 2.09. The van der Waals surface area contributed by atoms with Crippen molar-refractivity contribution in [2.75, 3.05) is 7.11 Å². The maximum absolute atomic E-state index is 13.4. The van der Waals surface area contributed by atoms with E-state index in [4.69, 9.17) is 4.74 Å². The highest BCUT2D eigenvalue weighted by Crippen LogP contribution is 2.27. The van der Waals surface area contributed by atoms with Gasteiger partial charge in [0.05, 0.1) is 7.11 Å². The lowest BCUT2D eigenvalue weighted by molar-refractivity contribution is -0.117. The summed E-state index contributed by atoms with van der Waals surface area (Å²) in [6.45, 7) is 0. The number of hydrogen-bond acceptors (Lipinski definition) is 3. The van der Waals surface area contributed by atoms with Crippen molar-refractivity contribution in [1.82, 2.24) is 0 Å². The molecule has 0 saturated heterocycles. The first-order chi connectivity index (χ1) is 8.11. The lowest BCUT2D eigenvalue weighted by atomic mass is 9.96. The van der Waals surface area contributed by atoms with Crippen molar-refractivity contribution in [2.45, 2.75) is 19.3 Å². The van der Waals surface area contributed by atoms with Crippen molar-refractivity contribution in [3.63, 3.8) is 0 Å². The van der Waals surface area contributed by atoms with Gasteiger partial charge in [-0.25, -0.2) is 4.39 Å². The van der Waals surface area contributed by atoms with Crippen LogP contribution in [0.2, 0.25) is 0 Å². The molecule has 0 amide bonds. The van der Waals surface area contributed by atoms with Crippen LogP contribution in [0.4, 0.5) is 4.39 Å². The zero-order valence-corrected chi connectivity index (χ0v) is 9.53. The third-order valence-corrected chi connectivity index (χ3v) is 3.05. The smallest absolute Gasteiger partial charge is 0.166 e. The molecule has 0 heterocycles. The third-order valence-electron chi connectivity index (χ3n) is 3.05. The van der Waals surface area contributed by atoms with Crippen LogP contribution in [0.5, 0.6) is 5.75 Å². The molecule has 1 saturated carbocycles. The zero-order chi connectivity index (χ0) is 12.4. The van der Waals surface area contributed by atoms with E-state index in [0.29, 0.717) is 18.4 Å². The Kier molecular flexibility index (Phi) is 3.22. The first-order valence-electron chi connectivity index (χ1n) is 5.51. The predicted octanol–water partition coefficient (Wildman–Crippen LogP) is 2.39. The molecule has 0 spiro atoms. The van der Waals surface area contributed by atoms with Crippen LogP contribution in [-0.4, -0.2) is 18.7 Å². The molecule has 0 bridgehead atoms. The van der Waals surface area contributed by atoms with Gasteiger partial charge in [-0.2, -0.15) is 0 Å². The highest BCUT2D eigenvalue weighted by atomic mass is 19.1. The van der Waals surface area contributed by atoms with Crippen molar-refractivity contribution in [3.05, 3.63) is 29.6 Å². The van der Waals surface area contributed by atoms with Crippen LogP contribution in [0.25, 0.3) is 0 Å². The Bertz CT molecular complexity index is 468. The molecule has 1 fully saturated rings. The van der Waals surface area contributed by atoms with Gasteiger partial charge in [0.2, 0.25) is 0 Å². The molecule has 1 aliphatic rings. The zero-order valence-electron chi connectivity index (χ0n) is 9.53. The first-order valence-corrected chi connectivity index (χ1v) is 5.51. The van der Waals surface area contributed by atoms with E-state index in [2.05, 4.69) is 0 Å². The van der Waals surface area contributed by atoms with E-state index in [0.717, 1.165) is 0 Å². The quantitative estimate of drug-likeness (QED) is 0.757. The molecule has 0 aliphatic heterocycles. The molecule has 0 N–H and O–H groups in total. The summed E-state index contributed by atoms with van der Waals surface area (Å²) in [5.74, 6) is -0.767. The van der Waals surface area contributed by atoms with Gasteiger partial charge < -0.3 is 4.74 Å². The number of carbonyl (C=O) groups is 2. The predicted molar refractivity (Wildman–Crippen MR) is 59.6 cm³/mol. The number of ketones is 2. The standard InChI is InChI=1S/C13H13FO3/c1-17-12-5-3-9(7-11(12)14)13(16)8-2-4-10(15)6-8/h3,5,7-8H,2,4,6H2,1H3. The minimum absolute atomic E-state index is 0.109. The summed E-state index contributed by atoms with van der Waals surface area (Å²) in [7, 11) is 1.37. The van der Waals surface area contributed by atoms with Gasteiger partial charge >= 0.3 is 0 Å². The second-order valence-corrected chi connectivity index (χ2v) is 4.19. The topological polar surface area (TPSA) is 43.4 Å². The summed E-state index contributed by atoms with van der Waals surface area (Å²) < 4.78 is 18.2. The monoisotopic (exact) mass is 236 g/mol. The second-order valence-electron chi connectivity index (χ2n) is 4.19. The fraction of sp³-hybridized carbons (Fsp3) is 0.385. The molecular weight excluding hydrogens is 223 g/mol. The van der Waals surface area contributed by atoms with Gasteiger partial charge in [-0.1, -0.05) is 0 Å². The number of benzene rings is 1. The van der Waals surface area contributed by atoms with Crippen LogP contribution >= 0.6 is 0 Å². The molecule has 1 unspecified atom stereocenters. The molecule has 1 aromatic rings. The number of halogens is 1. The Labute approximate surface area is 98.6 Å². The Hall–Kier alpha value is -1.71. The summed E-state index contributed by atoms with van der Waals surface area (Å²) in [5.41, 5.74) is 0.308. The summed E-state index contributed by atoms with van der Waals surface area (Å²) in [4.78, 5) is 23.1. The van der Waals surface area contributed by atoms with Crippen molar-refractivity contribution < 1.29 is 18.7 Å². The summed E-state index contributed by atoms with van der Waals surface area (Å²) >= 11 is 0. The molecule has 0 aromatic heterocycles. The minimum atomic E-state index is -0.553. The van der Waals surface area contributed by atoms with Crippen molar-refractivity contribution >= 4 is 11.6 Å². The molecule has 1 aliphatic carbocycles. The summed E-state index contributed by atoms with van der Waals surface area (Å²) in [6.07, 6.45) is 1.31. The van der Waals surface area contributed by atoms with Gasteiger partial charge in [-0.15, -0.1) is 0 Å². The van der Waals surface area contributed by atoms with Gasteiger partial charge in [0, 0.05) is 24.3 Å². The normalized spacial score (nSPS) is 19.4. The van der Waals surface area contributed by atoms with Gasteiger partial charge in [0.15, 0.2) is 17.3 Å². The van der Waals surface area contributed by atoms with E-state index in [-0.39, 0.29) is 29.7 Å². The van der Waals surface area contributed by atoms with Gasteiger partial charge in [-0.3, -0.25) is 9.59 Å². The highest BCUT2D eigenvalue weighted by Gasteiger charge is 2.29. The third kappa shape index (κ3) is 2.35. The lowest BCUT2D eigenvalue weighted by Gasteiger charge is -2.08. The first kappa shape index (κ1) is 11.8. The molecule has 90 valence electrons. The molecule has 0 radical (unpaired) electrons. The van der Waals surface area contributed by atoms with E-state index in [1.165, 1.54) is 25.3 Å². The summed E-state index contributed by atoms with van der Waals surface area (Å²) in [6, 6.07) is 4.14. The summed E-state index contributed by atoms with van der Waals surface area (Å²) in [5, 5.41) is 0. The van der Waals surface area contributed by atoms with Gasteiger partial charge in [-0.05, 0) is 24.6 Å². The number of carbonyl (C=O) groups excluding carboxylic acids is 2. The molecule has 4 heteroatoms. The number of hydrogen-bond donors (Lipinski definition) is 0. The van der Waals surface area contributed by atoms with E-state index in [1.54, 1.807) is 0 Å². The fourth-order valence-corrected chi connectivity index (χ4v) is 2.09. The largest absolute Gasteiger partial charge is 0.494 e. The van der Waals surface area contributed by atoms with Crippen molar-refractivity contribution in [2.24, 2.45) is 5.92 Å². The Balaban J connectivity index is 2.20. The van der Waals surface area contributed by atoms with Crippen molar-refractivity contribution in [1.29, 1.82) is 0 Å². The number of methoxy groups -OCH3 is 1. The van der Waals surface area contributed by atoms with Gasteiger partial charge in [0.25, 0.3) is 0 Å². The lowest BCUT2D eigenvalue weighted by Crippen LogP contribution is -2.12. The van der Waals surface area contributed by atoms with Crippen LogP contribution in [0.15, 0.2) is 18.2 Å². The van der Waals surface area contributed by atoms with Crippen LogP contribution in [-0.2, 0) is 4.79 Å². The van der Waals surface area contributed by atoms with Gasteiger partial charge in [0.1, 0.15) is 5.78 Å². The van der Waals surface area contributed by atoms with E-state index in [1.807, 2.05) is 0 Å². The Morgan fingerprint density at radius 1 is 1.47 bits per heavy atom. The molecular formula is C13H13FO3. The average molecular weight is 236 g/mol. The Morgan fingerprint density at radius 2 is 2.24 bits per heavy atom. The SMILES string of the molecule is COc1ccc(C(=O)C2CCC(=O)C2)cc1F. The maximum Gasteiger partial charge on any atom is 0.166 e. The van der Waals surface area contributed by atoms with E-state index in [9.17, 15) is 14.0 Å². The number of ether oxygens (including phenoxy) is 1.